The van der Waals surface area contributed by atoms with E-state index in [1.165, 1.54) is 0 Å². The Morgan fingerprint density at radius 2 is 2.06 bits per heavy atom. The Labute approximate surface area is 104 Å². The quantitative estimate of drug-likeness (QED) is 0.706. The maximum Gasteiger partial charge on any atom is 0.255 e. The Morgan fingerprint density at radius 1 is 1.38 bits per heavy atom. The van der Waals surface area contributed by atoms with Gasteiger partial charge < -0.3 is 4.90 Å². The van der Waals surface area contributed by atoms with Gasteiger partial charge in [0, 0.05) is 22.8 Å². The maximum absolute atomic E-state index is 12.3. The van der Waals surface area contributed by atoms with Gasteiger partial charge in [-0.2, -0.15) is 11.3 Å². The van der Waals surface area contributed by atoms with E-state index in [1.54, 1.807) is 11.3 Å². The molecule has 0 aliphatic carbocycles. The minimum Gasteiger partial charge on any atom is -0.333 e. The molecule has 2 nitrogen and oxygen atoms in total. The lowest BCUT2D eigenvalue weighted by Crippen LogP contribution is -2.46. The topological polar surface area (TPSA) is 20.3 Å². The van der Waals surface area contributed by atoms with Crippen LogP contribution in [0.3, 0.4) is 0 Å². The molecule has 0 N–H and O–H groups in total. The molecule has 2 aliphatic heterocycles. The lowest BCUT2D eigenvalue weighted by atomic mass is 10.0. The average Bonchev–Trinajstić information content (AvgIpc) is 2.85. The summed E-state index contributed by atoms with van der Waals surface area (Å²) in [6.45, 7) is 0. The van der Waals surface area contributed by atoms with Crippen LogP contribution in [0.4, 0.5) is 0 Å². The van der Waals surface area contributed by atoms with E-state index in [4.69, 9.17) is 11.6 Å². The molecule has 1 amide bonds. The molecule has 2 saturated heterocycles. The second kappa shape index (κ2) is 4.04. The molecule has 0 radical (unpaired) electrons. The van der Waals surface area contributed by atoms with Gasteiger partial charge in [0.15, 0.2) is 0 Å². The minimum atomic E-state index is 0.206. The van der Waals surface area contributed by atoms with Crippen LogP contribution in [0.15, 0.2) is 16.8 Å². The Hall–Kier alpha value is -0.540. The van der Waals surface area contributed by atoms with E-state index >= 15 is 0 Å². The van der Waals surface area contributed by atoms with Gasteiger partial charge in [0.25, 0.3) is 5.91 Å². The number of alkyl halides is 1. The molecule has 16 heavy (non-hydrogen) atoms. The largest absolute Gasteiger partial charge is 0.333 e. The summed E-state index contributed by atoms with van der Waals surface area (Å²) in [5, 5.41) is 4.17. The van der Waals surface area contributed by atoms with Gasteiger partial charge >= 0.3 is 0 Å². The molecule has 1 aromatic heterocycles. The molecule has 0 saturated carbocycles. The molecule has 0 aromatic carbocycles. The van der Waals surface area contributed by atoms with Crippen molar-refractivity contribution in [3.63, 3.8) is 0 Å². The van der Waals surface area contributed by atoms with Gasteiger partial charge in [0.1, 0.15) is 0 Å². The zero-order valence-corrected chi connectivity index (χ0v) is 10.5. The summed E-state index contributed by atoms with van der Waals surface area (Å²) in [6, 6.07) is 2.68. The van der Waals surface area contributed by atoms with E-state index in [1.807, 2.05) is 16.8 Å². The molecule has 2 atom stereocenters. The van der Waals surface area contributed by atoms with Gasteiger partial charge in [-0.25, -0.2) is 0 Å². The Morgan fingerprint density at radius 3 is 2.62 bits per heavy atom. The van der Waals surface area contributed by atoms with E-state index in [-0.39, 0.29) is 11.3 Å². The van der Waals surface area contributed by atoms with E-state index in [2.05, 4.69) is 4.90 Å². The molecule has 2 aliphatic rings. The molecule has 2 fully saturated rings. The highest BCUT2D eigenvalue weighted by molar-refractivity contribution is 7.08. The number of fused-ring (bicyclic) bond motifs is 2. The summed E-state index contributed by atoms with van der Waals surface area (Å²) in [5.41, 5.74) is 0.843. The van der Waals surface area contributed by atoms with Gasteiger partial charge in [-0.05, 0) is 37.1 Å². The summed E-state index contributed by atoms with van der Waals surface area (Å²) in [6.07, 6.45) is 4.19. The highest BCUT2D eigenvalue weighted by atomic mass is 35.5. The van der Waals surface area contributed by atoms with Crippen molar-refractivity contribution in [1.82, 2.24) is 4.90 Å². The van der Waals surface area contributed by atoms with Crippen molar-refractivity contribution >= 4 is 28.8 Å². The molecule has 2 unspecified atom stereocenters. The normalized spacial score (nSPS) is 33.1. The van der Waals surface area contributed by atoms with Crippen molar-refractivity contribution in [3.8, 4) is 0 Å². The third-order valence-electron chi connectivity index (χ3n) is 3.68. The zero-order valence-electron chi connectivity index (χ0n) is 8.93. The van der Waals surface area contributed by atoms with Gasteiger partial charge in [0.2, 0.25) is 0 Å². The summed E-state index contributed by atoms with van der Waals surface area (Å²) in [7, 11) is 0. The highest BCUT2D eigenvalue weighted by Crippen LogP contribution is 2.38. The first-order valence-corrected chi connectivity index (χ1v) is 7.12. The minimum absolute atomic E-state index is 0.206. The summed E-state index contributed by atoms with van der Waals surface area (Å²) < 4.78 is 0. The fourth-order valence-electron chi connectivity index (χ4n) is 2.98. The van der Waals surface area contributed by atoms with E-state index in [9.17, 15) is 4.79 Å². The molecule has 1 aromatic rings. The molecular weight excluding hydrogens is 242 g/mol. The van der Waals surface area contributed by atoms with Crippen molar-refractivity contribution < 1.29 is 4.79 Å². The van der Waals surface area contributed by atoms with Gasteiger partial charge in [-0.1, -0.05) is 0 Å². The van der Waals surface area contributed by atoms with Crippen LogP contribution in [0, 0.1) is 0 Å². The average molecular weight is 256 g/mol. The zero-order chi connectivity index (χ0) is 11.1. The number of carbonyl (C=O) groups excluding carboxylic acids is 1. The van der Waals surface area contributed by atoms with Crippen LogP contribution < -0.4 is 0 Å². The number of hydrogen-bond donors (Lipinski definition) is 0. The molecule has 0 spiro atoms. The van der Waals surface area contributed by atoms with E-state index < -0.39 is 0 Å². The molecule has 4 heteroatoms. The van der Waals surface area contributed by atoms with Crippen molar-refractivity contribution in [1.29, 1.82) is 0 Å². The summed E-state index contributed by atoms with van der Waals surface area (Å²) in [5.74, 6) is 0.206. The first-order valence-electron chi connectivity index (χ1n) is 5.74. The van der Waals surface area contributed by atoms with Crippen LogP contribution in [0.2, 0.25) is 0 Å². The SMILES string of the molecule is O=C(c1ccsc1)N1C2CCC1CC(Cl)C2. The molecular formula is C12H14ClNOS. The smallest absolute Gasteiger partial charge is 0.255 e. The number of halogens is 1. The number of hydrogen-bond acceptors (Lipinski definition) is 2. The predicted molar refractivity (Wildman–Crippen MR) is 66.2 cm³/mol. The Bertz CT molecular complexity index is 378. The number of nitrogens with zero attached hydrogens (tertiary/aromatic N) is 1. The predicted octanol–water partition coefficient (Wildman–Crippen LogP) is 3.12. The van der Waals surface area contributed by atoms with Crippen molar-refractivity contribution in [2.24, 2.45) is 0 Å². The number of amides is 1. The lowest BCUT2D eigenvalue weighted by Gasteiger charge is -2.36. The van der Waals surface area contributed by atoms with E-state index in [0.717, 1.165) is 31.2 Å². The van der Waals surface area contributed by atoms with Crippen LogP contribution in [0.5, 0.6) is 0 Å². The van der Waals surface area contributed by atoms with Gasteiger partial charge in [0.05, 0.1) is 5.56 Å². The second-order valence-corrected chi connectivity index (χ2v) is 6.08. The number of carbonyl (C=O) groups is 1. The fraction of sp³-hybridized carbons (Fsp3) is 0.583. The highest BCUT2D eigenvalue weighted by Gasteiger charge is 2.42. The number of piperidine rings is 1. The summed E-state index contributed by atoms with van der Waals surface area (Å²) in [4.78, 5) is 14.4. The molecule has 86 valence electrons. The van der Waals surface area contributed by atoms with Crippen molar-refractivity contribution in [2.75, 3.05) is 0 Å². The fourth-order valence-corrected chi connectivity index (χ4v) is 4.02. The van der Waals surface area contributed by atoms with Crippen molar-refractivity contribution in [2.45, 2.75) is 43.1 Å². The van der Waals surface area contributed by atoms with Crippen molar-refractivity contribution in [3.05, 3.63) is 22.4 Å². The monoisotopic (exact) mass is 255 g/mol. The van der Waals surface area contributed by atoms with Gasteiger partial charge in [-0.3, -0.25) is 4.79 Å². The van der Waals surface area contributed by atoms with E-state index in [0.29, 0.717) is 12.1 Å². The molecule has 3 heterocycles. The third kappa shape index (κ3) is 1.66. The first-order chi connectivity index (χ1) is 7.75. The number of thiophene rings is 1. The lowest BCUT2D eigenvalue weighted by molar-refractivity contribution is 0.0600. The van der Waals surface area contributed by atoms with Crippen LogP contribution in [-0.4, -0.2) is 28.3 Å². The van der Waals surface area contributed by atoms with Crippen LogP contribution in [0.25, 0.3) is 0 Å². The second-order valence-electron chi connectivity index (χ2n) is 4.68. The standard InChI is InChI=1S/C12H14ClNOS/c13-9-5-10-1-2-11(6-9)14(10)12(15)8-3-4-16-7-8/h3-4,7,9-11H,1-2,5-6H2. The van der Waals surface area contributed by atoms with Crippen LogP contribution >= 0.6 is 22.9 Å². The molecule has 2 bridgehead atoms. The van der Waals surface area contributed by atoms with Crippen LogP contribution in [0.1, 0.15) is 36.0 Å². The van der Waals surface area contributed by atoms with Gasteiger partial charge in [-0.15, -0.1) is 11.6 Å². The molecule has 3 rings (SSSR count). The first kappa shape index (κ1) is 10.6. The number of rotatable bonds is 1. The van der Waals surface area contributed by atoms with Crippen LogP contribution in [-0.2, 0) is 0 Å². The Kier molecular flexibility index (Phi) is 2.68. The third-order valence-corrected chi connectivity index (χ3v) is 4.72. The Balaban J connectivity index is 1.84. The maximum atomic E-state index is 12.3. The summed E-state index contributed by atoms with van der Waals surface area (Å²) >= 11 is 7.79.